The minimum atomic E-state index is -1.01. The maximum absolute atomic E-state index is 9.88. The summed E-state index contributed by atoms with van der Waals surface area (Å²) in [5, 5.41) is 28.6. The number of hydrogen-bond acceptors (Lipinski definition) is 5. The molecule has 5 nitrogen and oxygen atoms in total. The van der Waals surface area contributed by atoms with Crippen LogP contribution in [0.2, 0.25) is 0 Å². The Morgan fingerprint density at radius 1 is 0.897 bits per heavy atom. The first-order valence-electron chi connectivity index (χ1n) is 12.1. The Balaban J connectivity index is 1.88. The van der Waals surface area contributed by atoms with Crippen LogP contribution < -0.4 is 0 Å². The lowest BCUT2D eigenvalue weighted by atomic mass is 10.1. The van der Waals surface area contributed by atoms with E-state index in [4.69, 9.17) is 14.6 Å². The third-order valence-electron chi connectivity index (χ3n) is 5.70. The summed E-state index contributed by atoms with van der Waals surface area (Å²) in [5.74, 6) is 0. The van der Waals surface area contributed by atoms with Crippen LogP contribution in [-0.2, 0) is 9.47 Å². The lowest BCUT2D eigenvalue weighted by Crippen LogP contribution is -2.42. The van der Waals surface area contributed by atoms with Crippen molar-refractivity contribution in [1.29, 1.82) is 0 Å². The van der Waals surface area contributed by atoms with E-state index >= 15 is 0 Å². The van der Waals surface area contributed by atoms with Crippen molar-refractivity contribution in [3.8, 4) is 0 Å². The summed E-state index contributed by atoms with van der Waals surface area (Å²) in [6, 6.07) is 0. The van der Waals surface area contributed by atoms with Gasteiger partial charge in [0.1, 0.15) is 24.4 Å². The van der Waals surface area contributed by atoms with Crippen molar-refractivity contribution in [1.82, 2.24) is 0 Å². The molecule has 0 aromatic rings. The molecule has 0 amide bonds. The summed E-state index contributed by atoms with van der Waals surface area (Å²) in [7, 11) is 0. The molecule has 1 saturated heterocycles. The van der Waals surface area contributed by atoms with Crippen molar-refractivity contribution in [2.24, 2.45) is 0 Å². The van der Waals surface area contributed by atoms with Crippen molar-refractivity contribution < 1.29 is 24.8 Å². The van der Waals surface area contributed by atoms with E-state index in [0.29, 0.717) is 6.61 Å². The molecule has 5 heteroatoms. The highest BCUT2D eigenvalue weighted by molar-refractivity contribution is 4.89. The summed E-state index contributed by atoms with van der Waals surface area (Å²) >= 11 is 0. The van der Waals surface area contributed by atoms with Gasteiger partial charge in [-0.1, -0.05) is 83.3 Å². The highest BCUT2D eigenvalue weighted by atomic mass is 16.6. The van der Waals surface area contributed by atoms with Crippen LogP contribution in [0.4, 0.5) is 0 Å². The van der Waals surface area contributed by atoms with E-state index in [9.17, 15) is 10.2 Å². The Labute approximate surface area is 178 Å². The smallest absolute Gasteiger partial charge is 0.114 e. The predicted octanol–water partition coefficient (Wildman–Crippen LogP) is 4.52. The number of ether oxygens (including phenoxy) is 2. The summed E-state index contributed by atoms with van der Waals surface area (Å²) < 4.78 is 11.0. The molecule has 0 aliphatic carbocycles. The molecular formula is C24H46O5. The first kappa shape index (κ1) is 26.6. The average Bonchev–Trinajstić information content (AvgIpc) is 3.10. The van der Waals surface area contributed by atoms with Gasteiger partial charge < -0.3 is 24.8 Å². The van der Waals surface area contributed by atoms with Gasteiger partial charge in [-0.15, -0.1) is 0 Å². The fourth-order valence-corrected chi connectivity index (χ4v) is 3.84. The topological polar surface area (TPSA) is 79.2 Å². The highest BCUT2D eigenvalue weighted by Crippen LogP contribution is 2.21. The monoisotopic (exact) mass is 414 g/mol. The maximum atomic E-state index is 9.88. The number of hydrogen-bond donors (Lipinski definition) is 3. The van der Waals surface area contributed by atoms with Gasteiger partial charge in [0.15, 0.2) is 0 Å². The number of aliphatic hydroxyl groups excluding tert-OH is 3. The molecule has 4 atom stereocenters. The average molecular weight is 415 g/mol. The van der Waals surface area contributed by atoms with Crippen molar-refractivity contribution in [2.45, 2.75) is 121 Å². The van der Waals surface area contributed by atoms with Gasteiger partial charge in [0, 0.05) is 6.61 Å². The summed E-state index contributed by atoms with van der Waals surface area (Å²) in [6.07, 6.45) is 19.7. The zero-order valence-electron chi connectivity index (χ0n) is 18.6. The van der Waals surface area contributed by atoms with E-state index in [1.54, 1.807) is 0 Å². The largest absolute Gasteiger partial charge is 0.394 e. The summed E-state index contributed by atoms with van der Waals surface area (Å²) in [6.45, 7) is 2.54. The third-order valence-corrected chi connectivity index (χ3v) is 5.70. The van der Waals surface area contributed by atoms with Crippen LogP contribution in [0.25, 0.3) is 0 Å². The number of allylic oxidation sites excluding steroid dienone is 2. The van der Waals surface area contributed by atoms with Gasteiger partial charge in [-0.3, -0.25) is 0 Å². The van der Waals surface area contributed by atoms with Crippen LogP contribution in [0, 0.1) is 0 Å². The van der Waals surface area contributed by atoms with Gasteiger partial charge in [-0.2, -0.15) is 0 Å². The maximum Gasteiger partial charge on any atom is 0.114 e. The standard InChI is InChI=1S/C24H46O5/c1-2-3-4-5-6-7-8-9-10-11-12-13-14-15-16-17-18-28-24-22(27)20-29-23(24)21(26)19-25/h14-15,21-27H,2-13,16-20H2,1H3/b15-14+/t21-,22+,23-,24-/m1/s1. The minimum Gasteiger partial charge on any atom is -0.394 e. The second kappa shape index (κ2) is 18.3. The fraction of sp³-hybridized carbons (Fsp3) is 0.917. The highest BCUT2D eigenvalue weighted by Gasteiger charge is 2.40. The van der Waals surface area contributed by atoms with Crippen molar-refractivity contribution in [3.63, 3.8) is 0 Å². The van der Waals surface area contributed by atoms with Crippen molar-refractivity contribution >= 4 is 0 Å². The first-order chi connectivity index (χ1) is 14.2. The summed E-state index contributed by atoms with van der Waals surface area (Å²) in [4.78, 5) is 0. The molecule has 3 N–H and O–H groups in total. The number of rotatable bonds is 19. The van der Waals surface area contributed by atoms with Crippen molar-refractivity contribution in [3.05, 3.63) is 12.2 Å². The zero-order valence-corrected chi connectivity index (χ0v) is 18.6. The van der Waals surface area contributed by atoms with Gasteiger partial charge in [0.05, 0.1) is 13.2 Å². The SMILES string of the molecule is CCCCCCCCCCCCC/C=C/CCCO[C@H]1[C@@H]([C@H](O)CO)OC[C@@H]1O. The molecule has 0 aromatic carbocycles. The first-order valence-corrected chi connectivity index (χ1v) is 12.1. The quantitative estimate of drug-likeness (QED) is 0.214. The second-order valence-corrected chi connectivity index (χ2v) is 8.39. The van der Waals surface area contributed by atoms with Crippen LogP contribution >= 0.6 is 0 Å². The van der Waals surface area contributed by atoms with Crippen LogP contribution in [-0.4, -0.2) is 59.6 Å². The summed E-state index contributed by atoms with van der Waals surface area (Å²) in [5.41, 5.74) is 0. The second-order valence-electron chi connectivity index (χ2n) is 8.39. The number of unbranched alkanes of at least 4 members (excludes halogenated alkanes) is 12. The molecule has 1 heterocycles. The molecule has 0 saturated carbocycles. The van der Waals surface area contributed by atoms with E-state index in [1.807, 2.05) is 0 Å². The van der Waals surface area contributed by atoms with Crippen LogP contribution in [0.5, 0.6) is 0 Å². The van der Waals surface area contributed by atoms with Gasteiger partial charge in [-0.25, -0.2) is 0 Å². The molecule has 1 rings (SSSR count). The van der Waals surface area contributed by atoms with Gasteiger partial charge in [-0.05, 0) is 25.7 Å². The Kier molecular flexibility index (Phi) is 16.8. The lowest BCUT2D eigenvalue weighted by Gasteiger charge is -2.23. The van der Waals surface area contributed by atoms with Gasteiger partial charge in [0.25, 0.3) is 0 Å². The Morgan fingerprint density at radius 2 is 1.45 bits per heavy atom. The minimum absolute atomic E-state index is 0.144. The molecule has 0 bridgehead atoms. The molecule has 1 aliphatic rings. The zero-order chi connectivity index (χ0) is 21.2. The number of aliphatic hydroxyl groups is 3. The van der Waals surface area contributed by atoms with E-state index < -0.39 is 24.4 Å². The normalized spacial score (nSPS) is 23.2. The van der Waals surface area contributed by atoms with E-state index in [1.165, 1.54) is 70.6 Å². The molecular weight excluding hydrogens is 368 g/mol. The molecule has 29 heavy (non-hydrogen) atoms. The van der Waals surface area contributed by atoms with Crippen molar-refractivity contribution in [2.75, 3.05) is 19.8 Å². The van der Waals surface area contributed by atoms with E-state index in [-0.39, 0.29) is 13.2 Å². The molecule has 0 aromatic heterocycles. The lowest BCUT2D eigenvalue weighted by molar-refractivity contribution is -0.0935. The molecule has 0 radical (unpaired) electrons. The van der Waals surface area contributed by atoms with Crippen LogP contribution in [0.1, 0.15) is 96.8 Å². The van der Waals surface area contributed by atoms with E-state index in [0.717, 1.165) is 19.3 Å². The Bertz CT molecular complexity index is 387. The van der Waals surface area contributed by atoms with Gasteiger partial charge in [0.2, 0.25) is 0 Å². The van der Waals surface area contributed by atoms with Gasteiger partial charge >= 0.3 is 0 Å². The molecule has 172 valence electrons. The molecule has 1 fully saturated rings. The Morgan fingerprint density at radius 3 is 2.03 bits per heavy atom. The molecule has 0 unspecified atom stereocenters. The third kappa shape index (κ3) is 12.7. The van der Waals surface area contributed by atoms with Crippen LogP contribution in [0.3, 0.4) is 0 Å². The van der Waals surface area contributed by atoms with Crippen LogP contribution in [0.15, 0.2) is 12.2 Å². The fourth-order valence-electron chi connectivity index (χ4n) is 3.84. The molecule has 1 aliphatic heterocycles. The molecule has 0 spiro atoms. The predicted molar refractivity (Wildman–Crippen MR) is 118 cm³/mol. The van der Waals surface area contributed by atoms with E-state index in [2.05, 4.69) is 19.1 Å². The Hall–Kier alpha value is -0.460.